The maximum Gasteiger partial charge on any atom is 0.356 e. The number of carbonyl (C=O) groups excluding carboxylic acids is 1. The molecule has 0 aliphatic carbocycles. The van der Waals surface area contributed by atoms with Crippen molar-refractivity contribution in [2.45, 2.75) is 13.5 Å². The Labute approximate surface area is 172 Å². The molecule has 30 heavy (non-hydrogen) atoms. The van der Waals surface area contributed by atoms with E-state index < -0.39 is 5.97 Å². The van der Waals surface area contributed by atoms with Gasteiger partial charge in [0.2, 0.25) is 11.9 Å². The van der Waals surface area contributed by atoms with Crippen molar-refractivity contribution in [2.24, 2.45) is 0 Å². The standard InChI is InChI=1S/C21H19N7O2/c1-13-7-9-15(10-8-13)23-21-25-18(24-20(22)26-21)12-30-19(29)17-11-16(27-28-17)14-5-3-2-4-6-14/h2-11H,12H2,1H3,(H,27,28)(H3,22,23,24,25,26). The monoisotopic (exact) mass is 401 g/mol. The normalized spacial score (nSPS) is 10.6. The van der Waals surface area contributed by atoms with Gasteiger partial charge in [-0.2, -0.15) is 20.1 Å². The quantitative estimate of drug-likeness (QED) is 0.420. The highest BCUT2D eigenvalue weighted by molar-refractivity contribution is 5.88. The summed E-state index contributed by atoms with van der Waals surface area (Å²) >= 11 is 0. The van der Waals surface area contributed by atoms with E-state index in [4.69, 9.17) is 10.5 Å². The topological polar surface area (TPSA) is 132 Å². The van der Waals surface area contributed by atoms with Crippen LogP contribution in [0, 0.1) is 6.92 Å². The Morgan fingerprint density at radius 2 is 1.83 bits per heavy atom. The largest absolute Gasteiger partial charge is 0.453 e. The third kappa shape index (κ3) is 4.58. The highest BCUT2D eigenvalue weighted by Crippen LogP contribution is 2.18. The second kappa shape index (κ2) is 8.39. The molecule has 0 fully saturated rings. The van der Waals surface area contributed by atoms with Crippen molar-refractivity contribution >= 4 is 23.6 Å². The van der Waals surface area contributed by atoms with Crippen molar-refractivity contribution < 1.29 is 9.53 Å². The Morgan fingerprint density at radius 3 is 2.60 bits per heavy atom. The molecule has 0 aliphatic rings. The minimum absolute atomic E-state index is 0.0264. The zero-order valence-corrected chi connectivity index (χ0v) is 16.2. The second-order valence-electron chi connectivity index (χ2n) is 6.53. The molecule has 4 aromatic rings. The first-order valence-corrected chi connectivity index (χ1v) is 9.19. The van der Waals surface area contributed by atoms with E-state index in [0.717, 1.165) is 16.8 Å². The lowest BCUT2D eigenvalue weighted by molar-refractivity contribution is 0.0455. The van der Waals surface area contributed by atoms with Crippen molar-refractivity contribution in [2.75, 3.05) is 11.1 Å². The fraction of sp³-hybridized carbons (Fsp3) is 0.0952. The number of nitrogens with one attached hydrogen (secondary N) is 2. The second-order valence-corrected chi connectivity index (χ2v) is 6.53. The number of anilines is 3. The Kier molecular flexibility index (Phi) is 5.33. The molecule has 0 unspecified atom stereocenters. The molecule has 0 radical (unpaired) electrons. The van der Waals surface area contributed by atoms with Gasteiger partial charge in [-0.1, -0.05) is 48.0 Å². The minimum atomic E-state index is -0.572. The third-order valence-corrected chi connectivity index (χ3v) is 4.21. The van der Waals surface area contributed by atoms with E-state index in [2.05, 4.69) is 30.5 Å². The van der Waals surface area contributed by atoms with Crippen molar-refractivity contribution in [1.29, 1.82) is 0 Å². The molecule has 2 aromatic carbocycles. The van der Waals surface area contributed by atoms with Crippen LogP contribution in [0.3, 0.4) is 0 Å². The molecule has 150 valence electrons. The number of esters is 1. The Morgan fingerprint density at radius 1 is 1.07 bits per heavy atom. The number of ether oxygens (including phenoxy) is 1. The summed E-state index contributed by atoms with van der Waals surface area (Å²) < 4.78 is 5.29. The van der Waals surface area contributed by atoms with Gasteiger partial charge >= 0.3 is 5.97 Å². The molecule has 0 aliphatic heterocycles. The van der Waals surface area contributed by atoms with Gasteiger partial charge in [-0.05, 0) is 25.1 Å². The number of aromatic nitrogens is 5. The molecule has 9 nitrogen and oxygen atoms in total. The van der Waals surface area contributed by atoms with E-state index in [1.165, 1.54) is 0 Å². The summed E-state index contributed by atoms with van der Waals surface area (Å²) in [5.74, 6) is -0.0474. The highest BCUT2D eigenvalue weighted by atomic mass is 16.5. The molecule has 0 saturated heterocycles. The summed E-state index contributed by atoms with van der Waals surface area (Å²) in [7, 11) is 0. The number of aryl methyl sites for hydroxylation is 1. The Bertz CT molecular complexity index is 1160. The van der Waals surface area contributed by atoms with Gasteiger partial charge in [0.1, 0.15) is 5.69 Å². The summed E-state index contributed by atoms with van der Waals surface area (Å²) in [5, 5.41) is 9.89. The number of hydrogen-bond acceptors (Lipinski definition) is 8. The van der Waals surface area contributed by atoms with E-state index in [1.807, 2.05) is 61.5 Å². The minimum Gasteiger partial charge on any atom is -0.453 e. The number of H-pyrrole nitrogens is 1. The average molecular weight is 401 g/mol. The number of nitrogens with two attached hydrogens (primary N) is 1. The molecule has 0 bridgehead atoms. The van der Waals surface area contributed by atoms with Crippen molar-refractivity contribution in [3.05, 3.63) is 77.7 Å². The third-order valence-electron chi connectivity index (χ3n) is 4.21. The van der Waals surface area contributed by atoms with Crippen molar-refractivity contribution in [1.82, 2.24) is 25.1 Å². The first-order valence-electron chi connectivity index (χ1n) is 9.19. The molecule has 4 rings (SSSR count). The molecule has 0 saturated carbocycles. The van der Waals surface area contributed by atoms with E-state index in [0.29, 0.717) is 5.69 Å². The highest BCUT2D eigenvalue weighted by Gasteiger charge is 2.14. The zero-order chi connectivity index (χ0) is 20.9. The predicted octanol–water partition coefficient (Wildman–Crippen LogP) is 3.25. The van der Waals surface area contributed by atoms with Gasteiger partial charge in [-0.25, -0.2) is 4.79 Å². The summed E-state index contributed by atoms with van der Waals surface area (Å²) in [5.41, 5.74) is 9.48. The fourth-order valence-corrected chi connectivity index (χ4v) is 2.72. The number of benzene rings is 2. The van der Waals surface area contributed by atoms with Gasteiger partial charge in [0.05, 0.1) is 5.69 Å². The van der Waals surface area contributed by atoms with Gasteiger partial charge in [0.25, 0.3) is 0 Å². The average Bonchev–Trinajstić information content (AvgIpc) is 3.24. The van der Waals surface area contributed by atoms with Crippen LogP contribution in [0.1, 0.15) is 21.9 Å². The lowest BCUT2D eigenvalue weighted by Gasteiger charge is -2.08. The molecule has 0 amide bonds. The summed E-state index contributed by atoms with van der Waals surface area (Å²) in [6.45, 7) is 1.84. The molecule has 0 spiro atoms. The van der Waals surface area contributed by atoms with Crippen molar-refractivity contribution in [3.8, 4) is 11.3 Å². The zero-order valence-electron chi connectivity index (χ0n) is 16.2. The molecule has 4 N–H and O–H groups in total. The van der Waals surface area contributed by atoms with Gasteiger partial charge in [-0.3, -0.25) is 5.10 Å². The number of aromatic amines is 1. The van der Waals surface area contributed by atoms with Crippen LogP contribution in [0.25, 0.3) is 11.3 Å². The van der Waals surface area contributed by atoms with Crippen LogP contribution in [0.4, 0.5) is 17.6 Å². The predicted molar refractivity (Wildman–Crippen MR) is 112 cm³/mol. The number of nitrogens with zero attached hydrogens (tertiary/aromatic N) is 4. The number of hydrogen-bond donors (Lipinski definition) is 3. The van der Waals surface area contributed by atoms with Gasteiger partial charge in [-0.15, -0.1) is 0 Å². The van der Waals surface area contributed by atoms with E-state index in [1.54, 1.807) is 6.07 Å². The molecule has 2 heterocycles. The lowest BCUT2D eigenvalue weighted by Crippen LogP contribution is -2.11. The van der Waals surface area contributed by atoms with E-state index in [-0.39, 0.29) is 30.0 Å². The number of rotatable bonds is 6. The van der Waals surface area contributed by atoms with E-state index >= 15 is 0 Å². The number of nitrogen functional groups attached to an aromatic ring is 1. The summed E-state index contributed by atoms with van der Waals surface area (Å²) in [4.78, 5) is 24.7. The maximum atomic E-state index is 12.3. The molecule has 0 atom stereocenters. The Hall–Kier alpha value is -4.27. The van der Waals surface area contributed by atoms with Crippen molar-refractivity contribution in [3.63, 3.8) is 0 Å². The van der Waals surface area contributed by atoms with Crippen LogP contribution in [-0.4, -0.2) is 31.1 Å². The van der Waals surface area contributed by atoms with Crippen LogP contribution in [0.5, 0.6) is 0 Å². The van der Waals surface area contributed by atoms with Crippen LogP contribution in [0.15, 0.2) is 60.7 Å². The SMILES string of the molecule is Cc1ccc(Nc2nc(N)nc(COC(=O)c3cc(-c4ccccc4)n[nH]3)n2)cc1. The molecular weight excluding hydrogens is 382 g/mol. The van der Waals surface area contributed by atoms with Gasteiger partial charge in [0.15, 0.2) is 12.4 Å². The molecular formula is C21H19N7O2. The molecule has 2 aromatic heterocycles. The van der Waals surface area contributed by atoms with Crippen LogP contribution < -0.4 is 11.1 Å². The Balaban J connectivity index is 1.42. The number of carbonyl (C=O) groups is 1. The van der Waals surface area contributed by atoms with Crippen LogP contribution in [0.2, 0.25) is 0 Å². The van der Waals surface area contributed by atoms with E-state index in [9.17, 15) is 4.79 Å². The smallest absolute Gasteiger partial charge is 0.356 e. The maximum absolute atomic E-state index is 12.3. The summed E-state index contributed by atoms with van der Waals surface area (Å²) in [6.07, 6.45) is 0. The first-order chi connectivity index (χ1) is 14.6. The fourth-order valence-electron chi connectivity index (χ4n) is 2.72. The van der Waals surface area contributed by atoms with Gasteiger partial charge < -0.3 is 15.8 Å². The van der Waals surface area contributed by atoms with Crippen LogP contribution in [-0.2, 0) is 11.3 Å². The lowest BCUT2D eigenvalue weighted by atomic mass is 10.1. The molecule has 9 heteroatoms. The van der Waals surface area contributed by atoms with Crippen LogP contribution >= 0.6 is 0 Å². The summed E-state index contributed by atoms with van der Waals surface area (Å²) in [6, 6.07) is 18.9. The van der Waals surface area contributed by atoms with Gasteiger partial charge in [0, 0.05) is 11.3 Å². The first kappa shape index (κ1) is 19.1.